The smallest absolute Gasteiger partial charge is 0.191 e. The molecule has 0 saturated carbocycles. The second-order valence-electron chi connectivity index (χ2n) is 6.99. The molecule has 0 aliphatic rings. The van der Waals surface area contributed by atoms with Gasteiger partial charge in [-0.05, 0) is 23.6 Å². The Bertz CT molecular complexity index is 728. The molecule has 0 atom stereocenters. The van der Waals surface area contributed by atoms with E-state index in [1.165, 1.54) is 6.07 Å². The number of nitrogens with one attached hydrogen (secondary N) is 2. The summed E-state index contributed by atoms with van der Waals surface area (Å²) in [5.41, 5.74) is 1.86. The number of hydrogen-bond acceptors (Lipinski definition) is 3. The Morgan fingerprint density at radius 2 is 2.04 bits per heavy atom. The Morgan fingerprint density at radius 1 is 1.31 bits per heavy atom. The van der Waals surface area contributed by atoms with Gasteiger partial charge in [0.2, 0.25) is 0 Å². The first-order chi connectivity index (χ1) is 11.8. The molecule has 1 heterocycles. The van der Waals surface area contributed by atoms with Crippen LogP contribution in [0.25, 0.3) is 0 Å². The van der Waals surface area contributed by atoms with E-state index in [0.717, 1.165) is 16.3 Å². The fourth-order valence-electron chi connectivity index (χ4n) is 2.37. The summed E-state index contributed by atoms with van der Waals surface area (Å²) in [6.45, 7) is 9.72. The van der Waals surface area contributed by atoms with E-state index in [1.807, 2.05) is 6.07 Å². The highest BCUT2D eigenvalue weighted by Crippen LogP contribution is 2.23. The standard InChI is InChI=1S/C19H27FN4S.HI/c1-13(2)16-11-25-17(24-16)10-22-18(21-5)23-12-19(3,4)14-7-6-8-15(20)9-14;/h6-9,11,13H,10,12H2,1-5H3,(H2,21,22,23);1H. The predicted octanol–water partition coefficient (Wildman–Crippen LogP) is 4.67. The van der Waals surface area contributed by atoms with Crippen molar-refractivity contribution in [1.82, 2.24) is 15.6 Å². The van der Waals surface area contributed by atoms with Gasteiger partial charge in [0.15, 0.2) is 5.96 Å². The van der Waals surface area contributed by atoms with Gasteiger partial charge >= 0.3 is 0 Å². The minimum absolute atomic E-state index is 0. The van der Waals surface area contributed by atoms with Crippen molar-refractivity contribution >= 4 is 41.3 Å². The summed E-state index contributed by atoms with van der Waals surface area (Å²) < 4.78 is 13.5. The fourth-order valence-corrected chi connectivity index (χ4v) is 3.26. The maximum Gasteiger partial charge on any atom is 0.191 e. The van der Waals surface area contributed by atoms with Gasteiger partial charge in [-0.1, -0.05) is 39.8 Å². The van der Waals surface area contributed by atoms with Crippen LogP contribution in [0.2, 0.25) is 0 Å². The number of nitrogens with zero attached hydrogens (tertiary/aromatic N) is 2. The van der Waals surface area contributed by atoms with Crippen molar-refractivity contribution in [3.8, 4) is 0 Å². The van der Waals surface area contributed by atoms with Crippen LogP contribution in [0.5, 0.6) is 0 Å². The molecule has 2 N–H and O–H groups in total. The lowest BCUT2D eigenvalue weighted by Crippen LogP contribution is -2.43. The number of aromatic nitrogens is 1. The Hall–Kier alpha value is -1.22. The van der Waals surface area contributed by atoms with E-state index >= 15 is 0 Å². The van der Waals surface area contributed by atoms with Crippen molar-refractivity contribution in [2.24, 2.45) is 4.99 Å². The van der Waals surface area contributed by atoms with Gasteiger partial charge in [0.1, 0.15) is 10.8 Å². The zero-order chi connectivity index (χ0) is 18.4. The van der Waals surface area contributed by atoms with Gasteiger partial charge in [-0.15, -0.1) is 35.3 Å². The van der Waals surface area contributed by atoms with Gasteiger partial charge in [-0.2, -0.15) is 0 Å². The SMILES string of the molecule is CN=C(NCc1nc(C(C)C)cs1)NCC(C)(C)c1cccc(F)c1.I. The molecule has 0 amide bonds. The number of rotatable bonds is 6. The van der Waals surface area contributed by atoms with Gasteiger partial charge in [-0.25, -0.2) is 9.37 Å². The Balaban J connectivity index is 0.00000338. The van der Waals surface area contributed by atoms with Crippen LogP contribution in [-0.2, 0) is 12.0 Å². The van der Waals surface area contributed by atoms with Crippen molar-refractivity contribution in [2.75, 3.05) is 13.6 Å². The molecule has 26 heavy (non-hydrogen) atoms. The molecule has 0 saturated heterocycles. The van der Waals surface area contributed by atoms with Crippen molar-refractivity contribution in [2.45, 2.75) is 45.6 Å². The summed E-state index contributed by atoms with van der Waals surface area (Å²) in [7, 11) is 1.74. The van der Waals surface area contributed by atoms with Crippen molar-refractivity contribution in [1.29, 1.82) is 0 Å². The third-order valence-corrected chi connectivity index (χ3v) is 4.96. The molecule has 1 aromatic heterocycles. The summed E-state index contributed by atoms with van der Waals surface area (Å²) >= 11 is 1.65. The average molecular weight is 490 g/mol. The van der Waals surface area contributed by atoms with Crippen LogP contribution in [0.1, 0.15) is 49.9 Å². The monoisotopic (exact) mass is 490 g/mol. The molecule has 0 bridgehead atoms. The number of aliphatic imine (C=N–C) groups is 1. The zero-order valence-electron chi connectivity index (χ0n) is 16.0. The Morgan fingerprint density at radius 3 is 2.62 bits per heavy atom. The summed E-state index contributed by atoms with van der Waals surface area (Å²) in [6.07, 6.45) is 0. The lowest BCUT2D eigenvalue weighted by atomic mass is 9.84. The first kappa shape index (κ1) is 22.8. The van der Waals surface area contributed by atoms with E-state index < -0.39 is 0 Å². The van der Waals surface area contributed by atoms with Crippen LogP contribution in [0.4, 0.5) is 4.39 Å². The molecule has 1 aromatic carbocycles. The molecule has 144 valence electrons. The normalized spacial score (nSPS) is 12.0. The quantitative estimate of drug-likeness (QED) is 0.352. The highest BCUT2D eigenvalue weighted by molar-refractivity contribution is 14.0. The summed E-state index contributed by atoms with van der Waals surface area (Å²) in [5, 5.41) is 9.75. The number of benzene rings is 1. The third kappa shape index (κ3) is 6.50. The molecule has 0 unspecified atom stereocenters. The van der Waals surface area contributed by atoms with Crippen molar-refractivity contribution < 1.29 is 4.39 Å². The van der Waals surface area contributed by atoms with E-state index in [2.05, 4.69) is 53.7 Å². The van der Waals surface area contributed by atoms with Crippen LogP contribution in [0, 0.1) is 5.82 Å². The Labute approximate surface area is 176 Å². The van der Waals surface area contributed by atoms with Gasteiger partial charge < -0.3 is 10.6 Å². The molecular weight excluding hydrogens is 462 g/mol. The maximum atomic E-state index is 13.5. The highest BCUT2D eigenvalue weighted by Gasteiger charge is 2.21. The van der Waals surface area contributed by atoms with Crippen LogP contribution in [0.3, 0.4) is 0 Å². The summed E-state index contributed by atoms with van der Waals surface area (Å²) in [5.74, 6) is 0.943. The van der Waals surface area contributed by atoms with E-state index in [9.17, 15) is 4.39 Å². The summed E-state index contributed by atoms with van der Waals surface area (Å²) in [4.78, 5) is 8.87. The molecular formula is C19H28FIN4S. The van der Waals surface area contributed by atoms with Crippen molar-refractivity contribution in [3.05, 3.63) is 51.7 Å². The van der Waals surface area contributed by atoms with E-state index in [1.54, 1.807) is 30.5 Å². The molecule has 2 aromatic rings. The number of halogens is 2. The van der Waals surface area contributed by atoms with Crippen LogP contribution < -0.4 is 10.6 Å². The molecule has 0 aliphatic carbocycles. The topological polar surface area (TPSA) is 49.3 Å². The number of hydrogen-bond donors (Lipinski definition) is 2. The van der Waals surface area contributed by atoms with Crippen LogP contribution in [0.15, 0.2) is 34.6 Å². The molecule has 0 radical (unpaired) electrons. The molecule has 0 spiro atoms. The minimum atomic E-state index is -0.217. The Kier molecular flexibility index (Phi) is 8.95. The maximum absolute atomic E-state index is 13.5. The largest absolute Gasteiger partial charge is 0.356 e. The van der Waals surface area contributed by atoms with E-state index in [0.29, 0.717) is 25.0 Å². The average Bonchev–Trinajstić information content (AvgIpc) is 3.04. The van der Waals surface area contributed by atoms with Crippen molar-refractivity contribution in [3.63, 3.8) is 0 Å². The molecule has 0 fully saturated rings. The lowest BCUT2D eigenvalue weighted by molar-refractivity contribution is 0.503. The van der Waals surface area contributed by atoms with Gasteiger partial charge in [-0.3, -0.25) is 4.99 Å². The van der Waals surface area contributed by atoms with Crippen LogP contribution in [-0.4, -0.2) is 24.5 Å². The first-order valence-corrected chi connectivity index (χ1v) is 9.34. The van der Waals surface area contributed by atoms with Gasteiger partial charge in [0, 0.05) is 24.4 Å². The molecule has 4 nitrogen and oxygen atoms in total. The molecule has 2 rings (SSSR count). The van der Waals surface area contributed by atoms with E-state index in [-0.39, 0.29) is 35.2 Å². The van der Waals surface area contributed by atoms with E-state index in [4.69, 9.17) is 0 Å². The molecule has 7 heteroatoms. The zero-order valence-corrected chi connectivity index (χ0v) is 19.1. The second-order valence-corrected chi connectivity index (χ2v) is 7.94. The highest BCUT2D eigenvalue weighted by atomic mass is 127. The van der Waals surface area contributed by atoms with Gasteiger partial charge in [0.05, 0.1) is 12.2 Å². The first-order valence-electron chi connectivity index (χ1n) is 8.46. The fraction of sp³-hybridized carbons (Fsp3) is 0.474. The number of guanidine groups is 1. The minimum Gasteiger partial charge on any atom is -0.356 e. The predicted molar refractivity (Wildman–Crippen MR) is 119 cm³/mol. The lowest BCUT2D eigenvalue weighted by Gasteiger charge is -2.26. The number of thiazole rings is 1. The third-order valence-electron chi connectivity index (χ3n) is 4.10. The summed E-state index contributed by atoms with van der Waals surface area (Å²) in [6, 6.07) is 6.74. The second kappa shape index (κ2) is 10.2. The molecule has 0 aliphatic heterocycles. The van der Waals surface area contributed by atoms with Crippen LogP contribution >= 0.6 is 35.3 Å². The van der Waals surface area contributed by atoms with Gasteiger partial charge in [0.25, 0.3) is 0 Å².